The number of halogens is 1. The molecule has 7 nitrogen and oxygen atoms in total. The van der Waals surface area contributed by atoms with Crippen LogP contribution in [0.15, 0.2) is 23.1 Å². The molecule has 158 valence electrons. The molecule has 4 rings (SSSR count). The maximum atomic E-state index is 13.1. The van der Waals surface area contributed by atoms with Gasteiger partial charge in [0.2, 0.25) is 15.9 Å². The molecule has 9 heteroatoms. The van der Waals surface area contributed by atoms with Crippen LogP contribution in [0.4, 0.5) is 0 Å². The van der Waals surface area contributed by atoms with Gasteiger partial charge in [-0.05, 0) is 56.7 Å². The van der Waals surface area contributed by atoms with Crippen LogP contribution >= 0.6 is 11.6 Å². The molecule has 1 aromatic rings. The average Bonchev–Trinajstić information content (AvgIpc) is 3.34. The molecule has 1 aliphatic carbocycles. The molecule has 1 saturated carbocycles. The van der Waals surface area contributed by atoms with Gasteiger partial charge >= 0.3 is 0 Å². The van der Waals surface area contributed by atoms with E-state index in [9.17, 15) is 18.0 Å². The minimum absolute atomic E-state index is 0.00135. The molecule has 0 radical (unpaired) electrons. The van der Waals surface area contributed by atoms with Gasteiger partial charge < -0.3 is 10.2 Å². The van der Waals surface area contributed by atoms with Crippen molar-refractivity contribution in [2.75, 3.05) is 26.2 Å². The topological polar surface area (TPSA) is 86.8 Å². The maximum absolute atomic E-state index is 13.1. The van der Waals surface area contributed by atoms with Gasteiger partial charge in [-0.3, -0.25) is 9.59 Å². The van der Waals surface area contributed by atoms with E-state index in [2.05, 4.69) is 5.32 Å². The van der Waals surface area contributed by atoms with Crippen LogP contribution in [-0.2, 0) is 14.8 Å². The molecule has 2 amide bonds. The van der Waals surface area contributed by atoms with Crippen molar-refractivity contribution in [1.82, 2.24) is 14.5 Å². The smallest absolute Gasteiger partial charge is 0.255 e. The lowest BCUT2D eigenvalue weighted by molar-refractivity contribution is -0.126. The normalized spacial score (nSPS) is 23.2. The Kier molecular flexibility index (Phi) is 5.86. The molecule has 0 spiro atoms. The number of rotatable bonds is 5. The highest BCUT2D eigenvalue weighted by molar-refractivity contribution is 7.89. The third-order valence-corrected chi connectivity index (χ3v) is 8.10. The summed E-state index contributed by atoms with van der Waals surface area (Å²) >= 11 is 6.26. The van der Waals surface area contributed by atoms with E-state index in [1.54, 1.807) is 4.90 Å². The summed E-state index contributed by atoms with van der Waals surface area (Å²) in [6, 6.07) is 4.59. The van der Waals surface area contributed by atoms with Crippen molar-refractivity contribution in [1.29, 1.82) is 0 Å². The molecule has 1 unspecified atom stereocenters. The summed E-state index contributed by atoms with van der Waals surface area (Å²) in [6.45, 7) is 1.86. The quantitative estimate of drug-likeness (QED) is 0.762. The summed E-state index contributed by atoms with van der Waals surface area (Å²) in [4.78, 5) is 27.2. The van der Waals surface area contributed by atoms with Gasteiger partial charge in [0.25, 0.3) is 5.91 Å². The van der Waals surface area contributed by atoms with Crippen molar-refractivity contribution in [3.05, 3.63) is 28.8 Å². The molecule has 1 aromatic carbocycles. The van der Waals surface area contributed by atoms with Gasteiger partial charge in [-0.25, -0.2) is 8.42 Å². The number of carbonyl (C=O) groups excluding carboxylic acids is 2. The summed E-state index contributed by atoms with van der Waals surface area (Å²) in [5.41, 5.74) is 0.176. The van der Waals surface area contributed by atoms with Crippen molar-refractivity contribution >= 4 is 33.4 Å². The predicted octanol–water partition coefficient (Wildman–Crippen LogP) is 2.26. The fourth-order valence-corrected chi connectivity index (χ4v) is 5.74. The first kappa shape index (κ1) is 20.6. The van der Waals surface area contributed by atoms with Crippen molar-refractivity contribution in [2.45, 2.75) is 49.5 Å². The van der Waals surface area contributed by atoms with Gasteiger partial charge in [0.15, 0.2) is 0 Å². The Morgan fingerprint density at radius 3 is 2.45 bits per heavy atom. The van der Waals surface area contributed by atoms with Crippen molar-refractivity contribution in [3.8, 4) is 0 Å². The van der Waals surface area contributed by atoms with Gasteiger partial charge in [0.05, 0.1) is 21.4 Å². The van der Waals surface area contributed by atoms with Crippen LogP contribution in [-0.4, -0.2) is 61.7 Å². The summed E-state index contributed by atoms with van der Waals surface area (Å²) in [5.74, 6) is -0.553. The van der Waals surface area contributed by atoms with Crippen LogP contribution in [0.5, 0.6) is 0 Å². The average molecular weight is 440 g/mol. The van der Waals surface area contributed by atoms with Crippen LogP contribution in [0.25, 0.3) is 0 Å². The van der Waals surface area contributed by atoms with Gasteiger partial charge in [-0.15, -0.1) is 0 Å². The van der Waals surface area contributed by atoms with Crippen LogP contribution in [0.1, 0.15) is 48.9 Å². The van der Waals surface area contributed by atoms with E-state index >= 15 is 0 Å². The van der Waals surface area contributed by atoms with Crippen molar-refractivity contribution in [3.63, 3.8) is 0 Å². The van der Waals surface area contributed by atoms with Crippen molar-refractivity contribution in [2.24, 2.45) is 5.92 Å². The van der Waals surface area contributed by atoms with Crippen LogP contribution < -0.4 is 5.32 Å². The highest BCUT2D eigenvalue weighted by atomic mass is 35.5. The molecule has 2 aliphatic heterocycles. The Bertz CT molecular complexity index is 910. The second kappa shape index (κ2) is 8.24. The third kappa shape index (κ3) is 4.44. The zero-order chi connectivity index (χ0) is 20.6. The molecule has 2 saturated heterocycles. The fourth-order valence-electron chi connectivity index (χ4n) is 4.00. The van der Waals surface area contributed by atoms with E-state index in [0.29, 0.717) is 26.2 Å². The van der Waals surface area contributed by atoms with E-state index in [0.717, 1.165) is 38.5 Å². The molecule has 3 aliphatic rings. The lowest BCUT2D eigenvalue weighted by Gasteiger charge is -2.32. The summed E-state index contributed by atoms with van der Waals surface area (Å²) in [5, 5.41) is 3.23. The van der Waals surface area contributed by atoms with Crippen molar-refractivity contribution < 1.29 is 18.0 Å². The summed E-state index contributed by atoms with van der Waals surface area (Å²) in [6.07, 6.45) is 5.22. The largest absolute Gasteiger partial charge is 0.353 e. The molecule has 1 N–H and O–H groups in total. The Morgan fingerprint density at radius 2 is 1.76 bits per heavy atom. The predicted molar refractivity (Wildman–Crippen MR) is 109 cm³/mol. The van der Waals surface area contributed by atoms with Gasteiger partial charge in [-0.1, -0.05) is 11.6 Å². The number of sulfonamides is 1. The van der Waals surface area contributed by atoms with E-state index in [1.165, 1.54) is 22.5 Å². The standard InChI is InChI=1S/C20H26ClN3O4S/c21-18-8-7-16(29(27,28)24-10-1-2-11-24)12-17(18)20(26)23-9-3-4-14(13-23)19(25)22-15-5-6-15/h7-8,12,14-15H,1-6,9-11,13H2,(H,22,25). The summed E-state index contributed by atoms with van der Waals surface area (Å²) in [7, 11) is -3.63. The molecule has 29 heavy (non-hydrogen) atoms. The Morgan fingerprint density at radius 1 is 1.03 bits per heavy atom. The maximum Gasteiger partial charge on any atom is 0.255 e. The zero-order valence-electron chi connectivity index (χ0n) is 16.3. The second-order valence-electron chi connectivity index (χ2n) is 8.13. The Hall–Kier alpha value is -1.64. The number of hydrogen-bond donors (Lipinski definition) is 1. The van der Waals surface area contributed by atoms with Gasteiger partial charge in [0, 0.05) is 32.2 Å². The minimum atomic E-state index is -3.63. The number of amides is 2. The number of hydrogen-bond acceptors (Lipinski definition) is 4. The highest BCUT2D eigenvalue weighted by Gasteiger charge is 2.33. The minimum Gasteiger partial charge on any atom is -0.353 e. The number of likely N-dealkylation sites (tertiary alicyclic amines) is 1. The van der Waals surface area contributed by atoms with Gasteiger partial charge in [0.1, 0.15) is 0 Å². The van der Waals surface area contributed by atoms with E-state index in [1.807, 2.05) is 0 Å². The van der Waals surface area contributed by atoms with Crippen LogP contribution in [0.2, 0.25) is 5.02 Å². The van der Waals surface area contributed by atoms with E-state index in [-0.39, 0.29) is 39.3 Å². The highest BCUT2D eigenvalue weighted by Crippen LogP contribution is 2.28. The number of benzene rings is 1. The molecule has 0 bridgehead atoms. The molecule has 2 heterocycles. The zero-order valence-corrected chi connectivity index (χ0v) is 17.8. The molecule has 0 aromatic heterocycles. The van der Waals surface area contributed by atoms with Crippen LogP contribution in [0, 0.1) is 5.92 Å². The first-order chi connectivity index (χ1) is 13.9. The van der Waals surface area contributed by atoms with E-state index in [4.69, 9.17) is 11.6 Å². The molecular formula is C20H26ClN3O4S. The van der Waals surface area contributed by atoms with E-state index < -0.39 is 10.0 Å². The number of carbonyl (C=O) groups is 2. The molecule has 1 atom stereocenters. The number of piperidine rings is 1. The van der Waals surface area contributed by atoms with Crippen LogP contribution in [0.3, 0.4) is 0 Å². The SMILES string of the molecule is O=C(NC1CC1)C1CCCN(C(=O)c2cc(S(=O)(=O)N3CCCC3)ccc2Cl)C1. The first-order valence-electron chi connectivity index (χ1n) is 10.3. The Labute approximate surface area is 176 Å². The molecule has 3 fully saturated rings. The lowest BCUT2D eigenvalue weighted by atomic mass is 9.96. The summed E-state index contributed by atoms with van der Waals surface area (Å²) < 4.78 is 27.2. The lowest BCUT2D eigenvalue weighted by Crippen LogP contribution is -2.46. The fraction of sp³-hybridized carbons (Fsp3) is 0.600. The second-order valence-corrected chi connectivity index (χ2v) is 10.5. The third-order valence-electron chi connectivity index (χ3n) is 5.87. The Balaban J connectivity index is 1.52. The first-order valence-corrected chi connectivity index (χ1v) is 12.1. The van der Waals surface area contributed by atoms with Gasteiger partial charge in [-0.2, -0.15) is 4.31 Å². The number of nitrogens with one attached hydrogen (secondary N) is 1. The molecular weight excluding hydrogens is 414 g/mol. The number of nitrogens with zero attached hydrogens (tertiary/aromatic N) is 2. The monoisotopic (exact) mass is 439 g/mol.